The van der Waals surface area contributed by atoms with Crippen molar-refractivity contribution >= 4 is 5.82 Å². The Kier molecular flexibility index (Phi) is 4.18. The smallest absolute Gasteiger partial charge is 0.215 e. The highest BCUT2D eigenvalue weighted by Crippen LogP contribution is 2.21. The number of anilines is 1. The Morgan fingerprint density at radius 3 is 2.95 bits per heavy atom. The second-order valence-electron chi connectivity index (χ2n) is 5.55. The molecule has 1 atom stereocenters. The molecule has 4 nitrogen and oxygen atoms in total. The summed E-state index contributed by atoms with van der Waals surface area (Å²) in [6.07, 6.45) is 5.08. The molecule has 1 unspecified atom stereocenters. The fourth-order valence-corrected chi connectivity index (χ4v) is 2.88. The average Bonchev–Trinajstić information content (AvgIpc) is 3.01. The van der Waals surface area contributed by atoms with Crippen molar-refractivity contribution in [2.75, 3.05) is 37.7 Å². The van der Waals surface area contributed by atoms with E-state index in [-0.39, 0.29) is 0 Å². The molecule has 0 saturated carbocycles. The number of rotatable bonds is 4. The minimum atomic E-state index is 0.631. The van der Waals surface area contributed by atoms with E-state index in [4.69, 9.17) is 4.74 Å². The molecule has 2 aliphatic heterocycles. The van der Waals surface area contributed by atoms with Gasteiger partial charge in [-0.2, -0.15) is 4.98 Å². The average molecular weight is 261 g/mol. The van der Waals surface area contributed by atoms with E-state index in [2.05, 4.69) is 27.3 Å². The molecule has 4 heteroatoms. The molecule has 19 heavy (non-hydrogen) atoms. The van der Waals surface area contributed by atoms with Crippen molar-refractivity contribution in [3.63, 3.8) is 0 Å². The number of aromatic nitrogens is 1. The third-order valence-corrected chi connectivity index (χ3v) is 4.00. The van der Waals surface area contributed by atoms with Gasteiger partial charge < -0.3 is 15.0 Å². The van der Waals surface area contributed by atoms with Crippen LogP contribution >= 0.6 is 0 Å². The predicted octanol–water partition coefficient (Wildman–Crippen LogP) is 2.06. The molecule has 2 aliphatic rings. The van der Waals surface area contributed by atoms with Crippen LogP contribution < -0.4 is 15.0 Å². The number of ether oxygens (including phenoxy) is 1. The number of nitrogens with one attached hydrogen (secondary N) is 1. The molecule has 104 valence electrons. The molecule has 0 amide bonds. The van der Waals surface area contributed by atoms with Gasteiger partial charge in [-0.25, -0.2) is 0 Å². The van der Waals surface area contributed by atoms with Crippen LogP contribution in [0.3, 0.4) is 0 Å². The lowest BCUT2D eigenvalue weighted by Gasteiger charge is -2.23. The van der Waals surface area contributed by atoms with Gasteiger partial charge in [0.25, 0.3) is 0 Å². The van der Waals surface area contributed by atoms with E-state index in [9.17, 15) is 0 Å². The Labute approximate surface area is 115 Å². The topological polar surface area (TPSA) is 37.4 Å². The molecular formula is C15H23N3O. The van der Waals surface area contributed by atoms with E-state index >= 15 is 0 Å². The molecule has 0 aromatic carbocycles. The maximum absolute atomic E-state index is 5.87. The van der Waals surface area contributed by atoms with Gasteiger partial charge in [-0.15, -0.1) is 0 Å². The molecule has 1 N–H and O–H groups in total. The first-order valence-electron chi connectivity index (χ1n) is 7.47. The molecule has 0 radical (unpaired) electrons. The van der Waals surface area contributed by atoms with Crippen molar-refractivity contribution in [2.45, 2.75) is 25.7 Å². The van der Waals surface area contributed by atoms with Crippen LogP contribution in [0.4, 0.5) is 5.82 Å². The largest absolute Gasteiger partial charge is 0.477 e. The molecule has 2 fully saturated rings. The first-order chi connectivity index (χ1) is 9.42. The van der Waals surface area contributed by atoms with Crippen molar-refractivity contribution in [2.24, 2.45) is 5.92 Å². The lowest BCUT2D eigenvalue weighted by Crippen LogP contribution is -2.33. The molecule has 1 aromatic rings. The van der Waals surface area contributed by atoms with E-state index in [1.54, 1.807) is 0 Å². The van der Waals surface area contributed by atoms with Gasteiger partial charge in [-0.1, -0.05) is 6.07 Å². The third-order valence-electron chi connectivity index (χ3n) is 4.00. The van der Waals surface area contributed by atoms with Crippen molar-refractivity contribution in [1.29, 1.82) is 0 Å². The molecule has 2 saturated heterocycles. The van der Waals surface area contributed by atoms with Gasteiger partial charge in [0, 0.05) is 31.6 Å². The first kappa shape index (κ1) is 12.7. The summed E-state index contributed by atoms with van der Waals surface area (Å²) in [6, 6.07) is 6.10. The summed E-state index contributed by atoms with van der Waals surface area (Å²) in [5, 5.41) is 3.42. The SMILES string of the molecule is c1cc(OCC2CCCNC2)nc(N2CCCC2)c1. The van der Waals surface area contributed by atoms with Gasteiger partial charge in [-0.3, -0.25) is 0 Å². The third kappa shape index (κ3) is 3.38. The van der Waals surface area contributed by atoms with E-state index in [1.165, 1.54) is 25.7 Å². The number of hydrogen-bond acceptors (Lipinski definition) is 4. The Morgan fingerprint density at radius 1 is 1.26 bits per heavy atom. The fraction of sp³-hybridized carbons (Fsp3) is 0.667. The van der Waals surface area contributed by atoms with Crippen LogP contribution in [0.25, 0.3) is 0 Å². The van der Waals surface area contributed by atoms with E-state index < -0.39 is 0 Å². The van der Waals surface area contributed by atoms with Crippen molar-refractivity contribution in [3.8, 4) is 5.88 Å². The number of hydrogen-bond donors (Lipinski definition) is 1. The van der Waals surface area contributed by atoms with Gasteiger partial charge in [0.05, 0.1) is 6.61 Å². The van der Waals surface area contributed by atoms with Crippen LogP contribution in [-0.2, 0) is 0 Å². The molecule has 3 rings (SSSR count). The zero-order valence-electron chi connectivity index (χ0n) is 11.5. The zero-order chi connectivity index (χ0) is 12.9. The Morgan fingerprint density at radius 2 is 2.16 bits per heavy atom. The minimum absolute atomic E-state index is 0.631. The molecule has 0 bridgehead atoms. The highest BCUT2D eigenvalue weighted by molar-refractivity contribution is 5.41. The Hall–Kier alpha value is -1.29. The van der Waals surface area contributed by atoms with Crippen LogP contribution in [-0.4, -0.2) is 37.8 Å². The summed E-state index contributed by atoms with van der Waals surface area (Å²) < 4.78 is 5.87. The van der Waals surface area contributed by atoms with Crippen LogP contribution in [0.5, 0.6) is 5.88 Å². The quantitative estimate of drug-likeness (QED) is 0.900. The van der Waals surface area contributed by atoms with Crippen molar-refractivity contribution in [1.82, 2.24) is 10.3 Å². The van der Waals surface area contributed by atoms with Gasteiger partial charge in [-0.05, 0) is 38.3 Å². The lowest BCUT2D eigenvalue weighted by molar-refractivity contribution is 0.212. The van der Waals surface area contributed by atoms with Crippen molar-refractivity contribution in [3.05, 3.63) is 18.2 Å². The molecule has 0 aliphatic carbocycles. The second-order valence-corrected chi connectivity index (χ2v) is 5.55. The van der Waals surface area contributed by atoms with Gasteiger partial charge >= 0.3 is 0 Å². The minimum Gasteiger partial charge on any atom is -0.477 e. The standard InChI is InChI=1S/C15H23N3O/c1-2-10-18(9-1)14-6-3-7-15(17-14)19-12-13-5-4-8-16-11-13/h3,6-7,13,16H,1-2,4-5,8-12H2. The van der Waals surface area contributed by atoms with E-state index in [1.807, 2.05) is 6.07 Å². The highest BCUT2D eigenvalue weighted by Gasteiger charge is 2.16. The van der Waals surface area contributed by atoms with E-state index in [0.29, 0.717) is 5.92 Å². The summed E-state index contributed by atoms with van der Waals surface area (Å²) in [6.45, 7) is 5.26. The summed E-state index contributed by atoms with van der Waals surface area (Å²) in [5.41, 5.74) is 0. The predicted molar refractivity (Wildman–Crippen MR) is 76.8 cm³/mol. The summed E-state index contributed by atoms with van der Waals surface area (Å²) in [4.78, 5) is 6.96. The number of piperidine rings is 1. The molecule has 1 aromatic heterocycles. The summed E-state index contributed by atoms with van der Waals surface area (Å²) >= 11 is 0. The highest BCUT2D eigenvalue weighted by atomic mass is 16.5. The van der Waals surface area contributed by atoms with Gasteiger partial charge in [0.15, 0.2) is 0 Å². The zero-order valence-corrected chi connectivity index (χ0v) is 11.5. The number of pyridine rings is 1. The van der Waals surface area contributed by atoms with E-state index in [0.717, 1.165) is 44.5 Å². The van der Waals surface area contributed by atoms with Crippen LogP contribution in [0.2, 0.25) is 0 Å². The van der Waals surface area contributed by atoms with Crippen LogP contribution in [0, 0.1) is 5.92 Å². The normalized spacial score (nSPS) is 23.6. The number of nitrogens with zero attached hydrogens (tertiary/aromatic N) is 2. The Bertz CT molecular complexity index is 398. The van der Waals surface area contributed by atoms with Gasteiger partial charge in [0.1, 0.15) is 5.82 Å². The van der Waals surface area contributed by atoms with Gasteiger partial charge in [0.2, 0.25) is 5.88 Å². The Balaban J connectivity index is 1.56. The van der Waals surface area contributed by atoms with Crippen LogP contribution in [0.1, 0.15) is 25.7 Å². The second kappa shape index (κ2) is 6.24. The first-order valence-corrected chi connectivity index (χ1v) is 7.47. The van der Waals surface area contributed by atoms with Crippen molar-refractivity contribution < 1.29 is 4.74 Å². The fourth-order valence-electron chi connectivity index (χ4n) is 2.88. The molecule has 0 spiro atoms. The van der Waals surface area contributed by atoms with Crippen LogP contribution in [0.15, 0.2) is 18.2 Å². The summed E-state index contributed by atoms with van der Waals surface area (Å²) in [7, 11) is 0. The summed E-state index contributed by atoms with van der Waals surface area (Å²) in [5.74, 6) is 2.47. The molecular weight excluding hydrogens is 238 g/mol. The maximum Gasteiger partial charge on any atom is 0.215 e. The lowest BCUT2D eigenvalue weighted by atomic mass is 10.0. The maximum atomic E-state index is 5.87. The molecule has 3 heterocycles. The monoisotopic (exact) mass is 261 g/mol.